The number of allylic oxidation sites excluding steroid dienone is 1. The molecule has 0 bridgehead atoms. The zero-order chi connectivity index (χ0) is 28.7. The summed E-state index contributed by atoms with van der Waals surface area (Å²) in [5.74, 6) is 1.94. The minimum Gasteiger partial charge on any atom is -0.393 e. The highest BCUT2D eigenvalue weighted by molar-refractivity contribution is 5.35. The van der Waals surface area contributed by atoms with Gasteiger partial charge in [-0.25, -0.2) is 0 Å². The quantitative estimate of drug-likeness (QED) is 0.381. The van der Waals surface area contributed by atoms with Gasteiger partial charge in [0.15, 0.2) is 0 Å². The first-order chi connectivity index (χ1) is 19.7. The van der Waals surface area contributed by atoms with E-state index < -0.39 is 6.10 Å². The molecule has 0 unspecified atom stereocenters. The van der Waals surface area contributed by atoms with E-state index in [0.29, 0.717) is 29.9 Å². The van der Waals surface area contributed by atoms with E-state index in [9.17, 15) is 20.4 Å². The lowest BCUT2D eigenvalue weighted by molar-refractivity contribution is -0.139. The normalized spacial score (nSPS) is 41.9. The van der Waals surface area contributed by atoms with Crippen molar-refractivity contribution in [3.63, 3.8) is 0 Å². The number of aliphatic hydroxyl groups excluding tert-OH is 4. The smallest absolute Gasteiger partial charge is 0.0937 e. The maximum atomic E-state index is 12.0. The van der Waals surface area contributed by atoms with Crippen molar-refractivity contribution >= 4 is 0 Å². The minimum atomic E-state index is -0.500. The highest BCUT2D eigenvalue weighted by Gasteiger charge is 2.71. The first-order valence-corrected chi connectivity index (χ1v) is 16.1. The van der Waals surface area contributed by atoms with Crippen molar-refractivity contribution in [2.24, 2.45) is 39.9 Å². The third-order valence-electron chi connectivity index (χ3n) is 13.5. The first-order valence-electron chi connectivity index (χ1n) is 16.1. The van der Waals surface area contributed by atoms with Gasteiger partial charge in [-0.15, -0.1) is 0 Å². The van der Waals surface area contributed by atoms with Gasteiger partial charge >= 0.3 is 0 Å². The van der Waals surface area contributed by atoms with E-state index in [1.165, 1.54) is 17.6 Å². The summed E-state index contributed by atoms with van der Waals surface area (Å²) in [6, 6.07) is 10.7. The fourth-order valence-electron chi connectivity index (χ4n) is 11.5. The SMILES string of the molecule is C[C@@H](O)[C@@]12Cc3c(CO)c(CO)nn3[C@H](Cc3ccccc3)[C@@H]1C[C@H]1[C@@H]3CC=C4C[C@@H](O)CC[C@]4(C)[C@H]3CC[C@@]12C. The predicted octanol–water partition coefficient (Wildman–Crippen LogP) is 5.12. The van der Waals surface area contributed by atoms with Gasteiger partial charge in [-0.1, -0.05) is 55.8 Å². The highest BCUT2D eigenvalue weighted by atomic mass is 16.3. The van der Waals surface area contributed by atoms with Crippen LogP contribution < -0.4 is 0 Å². The number of nitrogens with zero attached hydrogens (tertiary/aromatic N) is 2. The van der Waals surface area contributed by atoms with E-state index in [4.69, 9.17) is 5.10 Å². The van der Waals surface area contributed by atoms with E-state index in [1.54, 1.807) is 0 Å². The van der Waals surface area contributed by atoms with E-state index in [0.717, 1.165) is 56.2 Å². The lowest BCUT2D eigenvalue weighted by atomic mass is 9.44. The fourth-order valence-corrected chi connectivity index (χ4v) is 11.5. The van der Waals surface area contributed by atoms with Crippen LogP contribution >= 0.6 is 0 Å². The van der Waals surface area contributed by atoms with Gasteiger partial charge in [-0.2, -0.15) is 5.10 Å². The molecule has 5 aliphatic rings. The Hall–Kier alpha value is -1.99. The molecule has 1 aromatic carbocycles. The summed E-state index contributed by atoms with van der Waals surface area (Å²) >= 11 is 0. The summed E-state index contributed by atoms with van der Waals surface area (Å²) in [5.41, 5.74) is 4.89. The molecule has 0 radical (unpaired) electrons. The van der Waals surface area contributed by atoms with E-state index >= 15 is 0 Å². The summed E-state index contributed by atoms with van der Waals surface area (Å²) in [4.78, 5) is 0. The Bertz CT molecular complexity index is 1340. The monoisotopic (exact) mass is 560 g/mol. The second-order valence-corrected chi connectivity index (χ2v) is 14.7. The summed E-state index contributed by atoms with van der Waals surface area (Å²) in [7, 11) is 0. The molecule has 1 aromatic heterocycles. The molecule has 2 aromatic rings. The Morgan fingerprint density at radius 2 is 1.80 bits per heavy atom. The number of aromatic nitrogens is 2. The molecule has 7 rings (SSSR count). The van der Waals surface area contributed by atoms with E-state index in [2.05, 4.69) is 54.9 Å². The van der Waals surface area contributed by atoms with Gasteiger partial charge < -0.3 is 20.4 Å². The van der Waals surface area contributed by atoms with Gasteiger partial charge in [0, 0.05) is 16.7 Å². The number of hydrogen-bond donors (Lipinski definition) is 4. The molecule has 41 heavy (non-hydrogen) atoms. The molecule has 3 fully saturated rings. The van der Waals surface area contributed by atoms with Gasteiger partial charge in [0.1, 0.15) is 0 Å². The maximum Gasteiger partial charge on any atom is 0.0937 e. The summed E-state index contributed by atoms with van der Waals surface area (Å²) in [6.07, 6.45) is 10.5. The second-order valence-electron chi connectivity index (χ2n) is 14.7. The summed E-state index contributed by atoms with van der Waals surface area (Å²) in [5, 5.41) is 48.1. The molecular weight excluding hydrogens is 512 g/mol. The van der Waals surface area contributed by atoms with Crippen molar-refractivity contribution in [3.05, 3.63) is 64.5 Å². The van der Waals surface area contributed by atoms with Gasteiger partial charge in [0.2, 0.25) is 0 Å². The van der Waals surface area contributed by atoms with Gasteiger partial charge in [-0.3, -0.25) is 4.68 Å². The van der Waals surface area contributed by atoms with Gasteiger partial charge in [0.25, 0.3) is 0 Å². The van der Waals surface area contributed by atoms with Crippen LogP contribution in [0.4, 0.5) is 0 Å². The number of hydrogen-bond acceptors (Lipinski definition) is 5. The Morgan fingerprint density at radius 3 is 2.51 bits per heavy atom. The van der Waals surface area contributed by atoms with Crippen LogP contribution in [0, 0.1) is 39.9 Å². The average molecular weight is 561 g/mol. The Labute approximate surface area is 244 Å². The van der Waals surface area contributed by atoms with Gasteiger partial charge in [0.05, 0.1) is 37.2 Å². The number of rotatable bonds is 5. The molecule has 4 aliphatic carbocycles. The highest BCUT2D eigenvalue weighted by Crippen LogP contribution is 2.75. The largest absolute Gasteiger partial charge is 0.393 e. The molecule has 0 spiro atoms. The third kappa shape index (κ3) is 3.73. The Morgan fingerprint density at radius 1 is 1.02 bits per heavy atom. The van der Waals surface area contributed by atoms with Crippen LogP contribution in [0.3, 0.4) is 0 Å². The molecule has 2 heterocycles. The molecule has 1 aliphatic heterocycles. The molecule has 6 heteroatoms. The maximum absolute atomic E-state index is 12.0. The zero-order valence-electron chi connectivity index (χ0n) is 25.0. The standard InChI is InChI=1S/C35H48N2O4/c1-21(40)35-18-32-26(19-38)30(20-39)36-37(32)31(15-22-7-5-4-6-8-22)29(35)17-28-25-10-9-23-16-24(41)11-13-33(23,2)27(25)12-14-34(28,35)3/h4-9,21,24-25,27-29,31,38-41H,10-20H2,1-3H3/t21-,24+,25-,27+,28+,29+,31-,33+,34+,35+/m1/s1. The van der Waals surface area contributed by atoms with Crippen LogP contribution in [-0.2, 0) is 26.1 Å². The van der Waals surface area contributed by atoms with Crippen molar-refractivity contribution < 1.29 is 20.4 Å². The molecular formula is C35H48N2O4. The van der Waals surface area contributed by atoms with Crippen molar-refractivity contribution in [1.29, 1.82) is 0 Å². The Balaban J connectivity index is 1.36. The molecule has 4 N–H and O–H groups in total. The summed E-state index contributed by atoms with van der Waals surface area (Å²) < 4.78 is 2.15. The van der Waals surface area contributed by atoms with Crippen molar-refractivity contribution in [3.8, 4) is 0 Å². The molecule has 6 nitrogen and oxygen atoms in total. The predicted molar refractivity (Wildman–Crippen MR) is 158 cm³/mol. The molecule has 0 amide bonds. The number of benzene rings is 1. The summed E-state index contributed by atoms with van der Waals surface area (Å²) in [6.45, 7) is 6.66. The molecule has 10 atom stereocenters. The van der Waals surface area contributed by atoms with Gasteiger partial charge in [-0.05, 0) is 105 Å². The molecule has 0 saturated heterocycles. The second kappa shape index (κ2) is 9.77. The van der Waals surface area contributed by atoms with Crippen molar-refractivity contribution in [2.45, 2.75) is 110 Å². The van der Waals surface area contributed by atoms with E-state index in [-0.39, 0.29) is 47.5 Å². The van der Waals surface area contributed by atoms with Crippen LogP contribution in [-0.4, -0.2) is 42.4 Å². The Kier molecular flexibility index (Phi) is 6.63. The van der Waals surface area contributed by atoms with Crippen molar-refractivity contribution in [2.75, 3.05) is 0 Å². The topological polar surface area (TPSA) is 98.7 Å². The third-order valence-corrected chi connectivity index (χ3v) is 13.5. The first kappa shape index (κ1) is 27.8. The van der Waals surface area contributed by atoms with Crippen LogP contribution in [0.25, 0.3) is 0 Å². The van der Waals surface area contributed by atoms with Crippen LogP contribution in [0.2, 0.25) is 0 Å². The molecule has 222 valence electrons. The molecule has 3 saturated carbocycles. The number of aliphatic hydroxyl groups is 4. The lowest BCUT2D eigenvalue weighted by Crippen LogP contribution is -2.58. The zero-order valence-corrected chi connectivity index (χ0v) is 25.0. The minimum absolute atomic E-state index is 0.0422. The average Bonchev–Trinajstić information content (AvgIpc) is 3.46. The van der Waals surface area contributed by atoms with E-state index in [1.807, 2.05) is 6.92 Å². The van der Waals surface area contributed by atoms with Crippen LogP contribution in [0.15, 0.2) is 42.0 Å². The number of fused-ring (bicyclic) bond motifs is 8. The lowest BCUT2D eigenvalue weighted by Gasteiger charge is -2.61. The van der Waals surface area contributed by atoms with Crippen LogP contribution in [0.1, 0.15) is 94.3 Å². The van der Waals surface area contributed by atoms with Crippen LogP contribution in [0.5, 0.6) is 0 Å². The van der Waals surface area contributed by atoms with Crippen molar-refractivity contribution in [1.82, 2.24) is 9.78 Å². The fraction of sp³-hybridized carbons (Fsp3) is 0.686.